The van der Waals surface area contributed by atoms with Crippen molar-refractivity contribution >= 4 is 5.95 Å². The van der Waals surface area contributed by atoms with Gasteiger partial charge < -0.3 is 10.1 Å². The first-order valence-corrected chi connectivity index (χ1v) is 8.81. The number of fused-ring (bicyclic) bond motifs is 2. The summed E-state index contributed by atoms with van der Waals surface area (Å²) in [6.07, 6.45) is 5.39. The van der Waals surface area contributed by atoms with Crippen LogP contribution in [0.15, 0.2) is 41.5 Å². The zero-order valence-corrected chi connectivity index (χ0v) is 14.7. The van der Waals surface area contributed by atoms with E-state index in [9.17, 15) is 4.79 Å². The first kappa shape index (κ1) is 16.4. The molecule has 1 aromatic carbocycles. The third-order valence-corrected chi connectivity index (χ3v) is 4.40. The van der Waals surface area contributed by atoms with Crippen molar-refractivity contribution < 1.29 is 4.74 Å². The summed E-state index contributed by atoms with van der Waals surface area (Å²) in [6, 6.07) is 7.77. The monoisotopic (exact) mass is 351 g/mol. The van der Waals surface area contributed by atoms with Crippen molar-refractivity contribution in [1.82, 2.24) is 19.7 Å². The molecule has 4 rings (SSSR count). The summed E-state index contributed by atoms with van der Waals surface area (Å²) in [6.45, 7) is 3.85. The molecule has 0 fully saturated rings. The zero-order valence-electron chi connectivity index (χ0n) is 14.7. The van der Waals surface area contributed by atoms with Gasteiger partial charge in [0, 0.05) is 36.8 Å². The quantitative estimate of drug-likeness (QED) is 0.738. The van der Waals surface area contributed by atoms with E-state index in [2.05, 4.69) is 27.3 Å². The summed E-state index contributed by atoms with van der Waals surface area (Å²) in [5.74, 6) is 1.26. The van der Waals surface area contributed by atoms with Gasteiger partial charge in [-0.3, -0.25) is 14.5 Å². The second kappa shape index (κ2) is 7.03. The Morgan fingerprint density at radius 2 is 2.23 bits per heavy atom. The van der Waals surface area contributed by atoms with E-state index in [1.807, 2.05) is 41.3 Å². The highest BCUT2D eigenvalue weighted by Crippen LogP contribution is 2.26. The van der Waals surface area contributed by atoms with Crippen molar-refractivity contribution in [2.24, 2.45) is 0 Å². The normalized spacial score (nSPS) is 12.7. The Balaban J connectivity index is 1.53. The maximum Gasteiger partial charge on any atom is 0.256 e. The van der Waals surface area contributed by atoms with E-state index in [0.29, 0.717) is 36.8 Å². The minimum Gasteiger partial charge on any atom is -0.487 e. The number of aryl methyl sites for hydroxylation is 1. The SMILES string of the molecule is CCCn1cc(CNc2nc3c(c(=O)[nH]2)Cc2ccccc2OC3)cn1. The number of aromatic nitrogens is 4. The zero-order chi connectivity index (χ0) is 17.9. The van der Waals surface area contributed by atoms with E-state index >= 15 is 0 Å². The lowest BCUT2D eigenvalue weighted by Gasteiger charge is -2.08. The fraction of sp³-hybridized carbons (Fsp3) is 0.316. The number of rotatable bonds is 5. The molecule has 0 aliphatic carbocycles. The highest BCUT2D eigenvalue weighted by molar-refractivity contribution is 5.41. The Bertz CT molecular complexity index is 976. The lowest BCUT2D eigenvalue weighted by atomic mass is 10.1. The predicted octanol–water partition coefficient (Wildman–Crippen LogP) is 2.47. The van der Waals surface area contributed by atoms with Crippen LogP contribution in [0.5, 0.6) is 5.75 Å². The molecule has 0 radical (unpaired) electrons. The van der Waals surface area contributed by atoms with Gasteiger partial charge in [0.05, 0.1) is 11.9 Å². The van der Waals surface area contributed by atoms with Crippen LogP contribution in [0, 0.1) is 0 Å². The summed E-state index contributed by atoms with van der Waals surface area (Å²) in [5, 5.41) is 7.48. The second-order valence-corrected chi connectivity index (χ2v) is 6.38. The Morgan fingerprint density at radius 1 is 1.35 bits per heavy atom. The number of aromatic amines is 1. The minimum atomic E-state index is -0.125. The molecular weight excluding hydrogens is 330 g/mol. The lowest BCUT2D eigenvalue weighted by Crippen LogP contribution is -2.20. The number of nitrogens with zero attached hydrogens (tertiary/aromatic N) is 3. The summed E-state index contributed by atoms with van der Waals surface area (Å²) in [4.78, 5) is 19.9. The van der Waals surface area contributed by atoms with Crippen molar-refractivity contribution in [3.05, 3.63) is 69.4 Å². The average molecular weight is 351 g/mol. The maximum atomic E-state index is 12.5. The molecule has 0 unspecified atom stereocenters. The van der Waals surface area contributed by atoms with Crippen molar-refractivity contribution in [3.8, 4) is 5.75 Å². The van der Waals surface area contributed by atoms with Gasteiger partial charge in [0.2, 0.25) is 5.95 Å². The number of benzene rings is 1. The molecule has 0 saturated heterocycles. The summed E-state index contributed by atoms with van der Waals surface area (Å²) in [7, 11) is 0. The number of nitrogens with one attached hydrogen (secondary N) is 2. The second-order valence-electron chi connectivity index (χ2n) is 6.38. The average Bonchev–Trinajstić information content (AvgIpc) is 3.00. The van der Waals surface area contributed by atoms with Gasteiger partial charge >= 0.3 is 0 Å². The van der Waals surface area contributed by atoms with E-state index in [-0.39, 0.29) is 5.56 Å². The van der Waals surface area contributed by atoms with Gasteiger partial charge in [-0.1, -0.05) is 25.1 Å². The largest absolute Gasteiger partial charge is 0.487 e. The van der Waals surface area contributed by atoms with Crippen LogP contribution in [-0.4, -0.2) is 19.7 Å². The van der Waals surface area contributed by atoms with E-state index in [1.165, 1.54) is 0 Å². The van der Waals surface area contributed by atoms with Crippen LogP contribution in [0.2, 0.25) is 0 Å². The molecule has 0 bridgehead atoms. The molecule has 26 heavy (non-hydrogen) atoms. The van der Waals surface area contributed by atoms with E-state index < -0.39 is 0 Å². The van der Waals surface area contributed by atoms with Gasteiger partial charge in [0.25, 0.3) is 5.56 Å². The number of anilines is 1. The summed E-state index contributed by atoms with van der Waals surface area (Å²) >= 11 is 0. The van der Waals surface area contributed by atoms with Gasteiger partial charge in [-0.2, -0.15) is 5.10 Å². The standard InChI is InChI=1S/C19H21N5O2/c1-2-7-24-11-13(10-21-24)9-20-19-22-16-12-26-17-6-4-3-5-14(17)8-15(16)18(25)23-19/h3-6,10-11H,2,7-9,12H2,1H3,(H2,20,22,23,25). The lowest BCUT2D eigenvalue weighted by molar-refractivity contribution is 0.302. The van der Waals surface area contributed by atoms with E-state index in [1.54, 1.807) is 0 Å². The van der Waals surface area contributed by atoms with Gasteiger partial charge in [-0.15, -0.1) is 0 Å². The number of ether oxygens (including phenoxy) is 1. The maximum absolute atomic E-state index is 12.5. The highest BCUT2D eigenvalue weighted by atomic mass is 16.5. The molecule has 1 aliphatic rings. The van der Waals surface area contributed by atoms with Crippen LogP contribution in [0.1, 0.15) is 35.7 Å². The Labute approximate surface area is 151 Å². The Morgan fingerprint density at radius 3 is 3.12 bits per heavy atom. The molecule has 3 heterocycles. The molecule has 3 aromatic rings. The van der Waals surface area contributed by atoms with Crippen molar-refractivity contribution in [2.45, 2.75) is 39.5 Å². The number of hydrogen-bond acceptors (Lipinski definition) is 5. The van der Waals surface area contributed by atoms with Gasteiger partial charge in [-0.25, -0.2) is 4.98 Å². The molecule has 0 atom stereocenters. The van der Waals surface area contributed by atoms with Crippen molar-refractivity contribution in [2.75, 3.05) is 5.32 Å². The van der Waals surface area contributed by atoms with Crippen molar-refractivity contribution in [3.63, 3.8) is 0 Å². The first-order chi connectivity index (χ1) is 12.7. The molecule has 134 valence electrons. The van der Waals surface area contributed by atoms with E-state index in [4.69, 9.17) is 4.74 Å². The fourth-order valence-electron chi connectivity index (χ4n) is 3.09. The molecule has 0 saturated carbocycles. The smallest absolute Gasteiger partial charge is 0.256 e. The molecule has 2 aromatic heterocycles. The third kappa shape index (κ3) is 3.33. The topological polar surface area (TPSA) is 84.8 Å². The molecule has 2 N–H and O–H groups in total. The van der Waals surface area contributed by atoms with Crippen LogP contribution in [0.25, 0.3) is 0 Å². The number of hydrogen-bond donors (Lipinski definition) is 2. The molecule has 0 spiro atoms. The van der Waals surface area contributed by atoms with Crippen LogP contribution < -0.4 is 15.6 Å². The van der Waals surface area contributed by atoms with Crippen LogP contribution in [0.3, 0.4) is 0 Å². The highest BCUT2D eigenvalue weighted by Gasteiger charge is 2.18. The van der Waals surface area contributed by atoms with Crippen LogP contribution in [-0.2, 0) is 26.1 Å². The molecule has 7 nitrogen and oxygen atoms in total. The number of para-hydroxylation sites is 1. The third-order valence-electron chi connectivity index (χ3n) is 4.40. The Hall–Kier alpha value is -3.09. The van der Waals surface area contributed by atoms with Gasteiger partial charge in [-0.05, 0) is 18.1 Å². The predicted molar refractivity (Wildman–Crippen MR) is 98.3 cm³/mol. The molecule has 0 amide bonds. The van der Waals surface area contributed by atoms with Crippen molar-refractivity contribution in [1.29, 1.82) is 0 Å². The molecular formula is C19H21N5O2. The number of H-pyrrole nitrogens is 1. The molecule has 1 aliphatic heterocycles. The fourth-order valence-corrected chi connectivity index (χ4v) is 3.09. The minimum absolute atomic E-state index is 0.125. The summed E-state index contributed by atoms with van der Waals surface area (Å²) < 4.78 is 7.73. The first-order valence-electron chi connectivity index (χ1n) is 8.81. The van der Waals surface area contributed by atoms with E-state index in [0.717, 1.165) is 29.8 Å². The van der Waals surface area contributed by atoms with Crippen LogP contribution >= 0.6 is 0 Å². The van der Waals surface area contributed by atoms with Gasteiger partial charge in [0.15, 0.2) is 0 Å². The Kier molecular flexibility index (Phi) is 4.43. The summed E-state index contributed by atoms with van der Waals surface area (Å²) in [5.41, 5.74) is 3.26. The van der Waals surface area contributed by atoms with Gasteiger partial charge in [0.1, 0.15) is 12.4 Å². The molecule has 7 heteroatoms. The van der Waals surface area contributed by atoms with Crippen LogP contribution in [0.4, 0.5) is 5.95 Å².